The maximum atomic E-state index is 13.4. The van der Waals surface area contributed by atoms with Crippen molar-refractivity contribution in [2.24, 2.45) is 5.73 Å². The molecule has 104 valence electrons. The summed E-state index contributed by atoms with van der Waals surface area (Å²) in [5.74, 6) is -2.12. The van der Waals surface area contributed by atoms with Gasteiger partial charge in [0.1, 0.15) is 11.6 Å². The highest BCUT2D eigenvalue weighted by Crippen LogP contribution is 2.11. The molecule has 2 rings (SSSR count). The van der Waals surface area contributed by atoms with Crippen LogP contribution in [0.1, 0.15) is 22.0 Å². The standard InChI is InChI=1S/C15H14F2N2O/c16-11-6-7-13(17)12(8-11)15(20)19-9-14(18)10-4-2-1-3-5-10/h1-8,14H,9,18H2,(H,19,20). The van der Waals surface area contributed by atoms with Crippen molar-refractivity contribution in [2.45, 2.75) is 6.04 Å². The number of carbonyl (C=O) groups is 1. The fourth-order valence-electron chi connectivity index (χ4n) is 1.79. The van der Waals surface area contributed by atoms with Crippen LogP contribution in [-0.2, 0) is 0 Å². The minimum atomic E-state index is -0.766. The summed E-state index contributed by atoms with van der Waals surface area (Å²) < 4.78 is 26.4. The van der Waals surface area contributed by atoms with Crippen molar-refractivity contribution in [3.05, 3.63) is 71.3 Å². The summed E-state index contributed by atoms with van der Waals surface area (Å²) in [6.45, 7) is 0.138. The molecule has 3 nitrogen and oxygen atoms in total. The Morgan fingerprint density at radius 1 is 1.15 bits per heavy atom. The number of nitrogens with two attached hydrogens (primary N) is 1. The molecule has 0 bridgehead atoms. The molecule has 0 heterocycles. The molecule has 0 aromatic heterocycles. The second kappa shape index (κ2) is 6.25. The molecule has 2 aromatic rings. The van der Waals surface area contributed by atoms with Gasteiger partial charge in [0.05, 0.1) is 5.56 Å². The fraction of sp³-hybridized carbons (Fsp3) is 0.133. The highest BCUT2D eigenvalue weighted by Gasteiger charge is 2.14. The van der Waals surface area contributed by atoms with Crippen molar-refractivity contribution in [1.29, 1.82) is 0 Å². The van der Waals surface area contributed by atoms with Crippen molar-refractivity contribution in [1.82, 2.24) is 5.32 Å². The zero-order valence-electron chi connectivity index (χ0n) is 10.6. The van der Waals surface area contributed by atoms with Gasteiger partial charge in [-0.05, 0) is 23.8 Å². The minimum absolute atomic E-state index is 0.138. The van der Waals surface area contributed by atoms with E-state index in [2.05, 4.69) is 5.32 Å². The average Bonchev–Trinajstić information content (AvgIpc) is 2.47. The Balaban J connectivity index is 2.00. The molecule has 1 atom stereocenters. The van der Waals surface area contributed by atoms with Crippen LogP contribution in [0.4, 0.5) is 8.78 Å². The topological polar surface area (TPSA) is 55.1 Å². The first-order valence-electron chi connectivity index (χ1n) is 6.11. The van der Waals surface area contributed by atoms with Gasteiger partial charge in [-0.25, -0.2) is 8.78 Å². The van der Waals surface area contributed by atoms with Gasteiger partial charge in [-0.15, -0.1) is 0 Å². The van der Waals surface area contributed by atoms with E-state index in [1.165, 1.54) is 0 Å². The molecule has 0 saturated carbocycles. The number of carbonyl (C=O) groups excluding carboxylic acids is 1. The van der Waals surface area contributed by atoms with Crippen molar-refractivity contribution in [3.8, 4) is 0 Å². The van der Waals surface area contributed by atoms with E-state index in [9.17, 15) is 13.6 Å². The lowest BCUT2D eigenvalue weighted by Gasteiger charge is -2.13. The van der Waals surface area contributed by atoms with Gasteiger partial charge >= 0.3 is 0 Å². The highest BCUT2D eigenvalue weighted by molar-refractivity contribution is 5.94. The summed E-state index contributed by atoms with van der Waals surface area (Å²) in [5.41, 5.74) is 6.43. The molecule has 0 aliphatic rings. The van der Waals surface area contributed by atoms with Gasteiger partial charge in [0, 0.05) is 12.6 Å². The summed E-state index contributed by atoms with van der Waals surface area (Å²) in [7, 11) is 0. The minimum Gasteiger partial charge on any atom is -0.350 e. The number of hydrogen-bond donors (Lipinski definition) is 2. The second-order valence-corrected chi connectivity index (χ2v) is 4.35. The number of benzene rings is 2. The Morgan fingerprint density at radius 2 is 1.85 bits per heavy atom. The molecule has 2 aromatic carbocycles. The van der Waals surface area contributed by atoms with Crippen LogP contribution < -0.4 is 11.1 Å². The first kappa shape index (κ1) is 14.1. The Morgan fingerprint density at radius 3 is 2.55 bits per heavy atom. The van der Waals surface area contributed by atoms with Crippen molar-refractivity contribution < 1.29 is 13.6 Å². The van der Waals surface area contributed by atoms with Gasteiger partial charge in [0.15, 0.2) is 0 Å². The number of rotatable bonds is 4. The van der Waals surface area contributed by atoms with E-state index in [1.807, 2.05) is 30.3 Å². The van der Waals surface area contributed by atoms with Gasteiger partial charge in [-0.3, -0.25) is 4.79 Å². The Labute approximate surface area is 115 Å². The lowest BCUT2D eigenvalue weighted by molar-refractivity contribution is 0.0946. The summed E-state index contributed by atoms with van der Waals surface area (Å²) in [6, 6.07) is 11.5. The summed E-state index contributed by atoms with van der Waals surface area (Å²) in [6.07, 6.45) is 0. The van der Waals surface area contributed by atoms with E-state index in [-0.39, 0.29) is 12.1 Å². The molecular weight excluding hydrogens is 262 g/mol. The van der Waals surface area contributed by atoms with E-state index in [0.29, 0.717) is 0 Å². The summed E-state index contributed by atoms with van der Waals surface area (Å²) in [5, 5.41) is 2.49. The Kier molecular flexibility index (Phi) is 4.42. The van der Waals surface area contributed by atoms with Crippen molar-refractivity contribution >= 4 is 5.91 Å². The third kappa shape index (κ3) is 3.39. The summed E-state index contributed by atoms with van der Waals surface area (Å²) >= 11 is 0. The molecule has 20 heavy (non-hydrogen) atoms. The normalized spacial score (nSPS) is 11.9. The van der Waals surface area contributed by atoms with Gasteiger partial charge in [-0.2, -0.15) is 0 Å². The van der Waals surface area contributed by atoms with Crippen LogP contribution in [0.15, 0.2) is 48.5 Å². The molecule has 0 fully saturated rings. The molecule has 0 spiro atoms. The molecular formula is C15H14F2N2O. The first-order chi connectivity index (χ1) is 9.58. The van der Waals surface area contributed by atoms with E-state index in [1.54, 1.807) is 0 Å². The smallest absolute Gasteiger partial charge is 0.254 e. The highest BCUT2D eigenvalue weighted by atomic mass is 19.1. The molecule has 1 amide bonds. The zero-order chi connectivity index (χ0) is 14.5. The molecule has 5 heteroatoms. The van der Waals surface area contributed by atoms with Crippen LogP contribution in [0.25, 0.3) is 0 Å². The lowest BCUT2D eigenvalue weighted by Crippen LogP contribution is -2.32. The van der Waals surface area contributed by atoms with Crippen molar-refractivity contribution in [3.63, 3.8) is 0 Å². The molecule has 3 N–H and O–H groups in total. The fourth-order valence-corrected chi connectivity index (χ4v) is 1.79. The molecule has 1 unspecified atom stereocenters. The quantitative estimate of drug-likeness (QED) is 0.901. The molecule has 0 saturated heterocycles. The van der Waals surface area contributed by atoms with Gasteiger partial charge in [0.2, 0.25) is 0 Å². The maximum absolute atomic E-state index is 13.4. The number of amides is 1. The predicted molar refractivity (Wildman–Crippen MR) is 72.1 cm³/mol. The average molecular weight is 276 g/mol. The van der Waals surface area contributed by atoms with E-state index >= 15 is 0 Å². The van der Waals surface area contributed by atoms with E-state index < -0.39 is 23.6 Å². The second-order valence-electron chi connectivity index (χ2n) is 4.35. The van der Waals surface area contributed by atoms with Crippen LogP contribution in [0.2, 0.25) is 0 Å². The van der Waals surface area contributed by atoms with E-state index in [4.69, 9.17) is 5.73 Å². The SMILES string of the molecule is NC(CNC(=O)c1cc(F)ccc1F)c1ccccc1. The predicted octanol–water partition coefficient (Wildman–Crippen LogP) is 2.39. The first-order valence-corrected chi connectivity index (χ1v) is 6.11. The maximum Gasteiger partial charge on any atom is 0.254 e. The monoisotopic (exact) mass is 276 g/mol. The number of nitrogens with one attached hydrogen (secondary N) is 1. The third-order valence-corrected chi connectivity index (χ3v) is 2.88. The summed E-state index contributed by atoms with van der Waals surface area (Å²) in [4.78, 5) is 11.8. The van der Waals surface area contributed by atoms with E-state index in [0.717, 1.165) is 23.8 Å². The lowest BCUT2D eigenvalue weighted by atomic mass is 10.1. The van der Waals surface area contributed by atoms with Crippen LogP contribution in [-0.4, -0.2) is 12.5 Å². The number of hydrogen-bond acceptors (Lipinski definition) is 2. The van der Waals surface area contributed by atoms with Crippen LogP contribution >= 0.6 is 0 Å². The van der Waals surface area contributed by atoms with Crippen LogP contribution in [0, 0.1) is 11.6 Å². The molecule has 0 aliphatic heterocycles. The Bertz CT molecular complexity index is 602. The Hall–Kier alpha value is -2.27. The molecule has 0 radical (unpaired) electrons. The van der Waals surface area contributed by atoms with Gasteiger partial charge < -0.3 is 11.1 Å². The van der Waals surface area contributed by atoms with Gasteiger partial charge in [0.25, 0.3) is 5.91 Å². The zero-order valence-corrected chi connectivity index (χ0v) is 10.6. The van der Waals surface area contributed by atoms with Gasteiger partial charge in [-0.1, -0.05) is 30.3 Å². The number of halogens is 2. The molecule has 0 aliphatic carbocycles. The van der Waals surface area contributed by atoms with Crippen LogP contribution in [0.3, 0.4) is 0 Å². The largest absolute Gasteiger partial charge is 0.350 e. The van der Waals surface area contributed by atoms with Crippen LogP contribution in [0.5, 0.6) is 0 Å². The van der Waals surface area contributed by atoms with Crippen molar-refractivity contribution in [2.75, 3.05) is 6.54 Å². The third-order valence-electron chi connectivity index (χ3n) is 2.88.